The maximum atomic E-state index is 12.5. The number of pyridine rings is 1. The van der Waals surface area contributed by atoms with Crippen molar-refractivity contribution in [3.63, 3.8) is 0 Å². The molecule has 1 aromatic rings. The van der Waals surface area contributed by atoms with Gasteiger partial charge >= 0.3 is 6.18 Å². The number of aromatic nitrogens is 1. The van der Waals surface area contributed by atoms with Crippen LogP contribution in [0.4, 0.5) is 13.2 Å². The summed E-state index contributed by atoms with van der Waals surface area (Å²) in [6.45, 7) is 7.05. The first kappa shape index (κ1) is 23.2. The number of guanidine groups is 1. The molecule has 7 nitrogen and oxygen atoms in total. The van der Waals surface area contributed by atoms with Gasteiger partial charge in [0.2, 0.25) is 5.88 Å². The molecule has 0 saturated carbocycles. The molecule has 1 aromatic heterocycles. The Kier molecular flexibility index (Phi) is 9.46. The van der Waals surface area contributed by atoms with E-state index in [0.717, 1.165) is 57.9 Å². The van der Waals surface area contributed by atoms with E-state index in [-0.39, 0.29) is 12.5 Å². The zero-order valence-corrected chi connectivity index (χ0v) is 17.0. The van der Waals surface area contributed by atoms with Crippen LogP contribution in [0, 0.1) is 0 Å². The normalized spacial score (nSPS) is 16.7. The summed E-state index contributed by atoms with van der Waals surface area (Å²) in [5.41, 5.74) is -0.797. The van der Waals surface area contributed by atoms with E-state index in [4.69, 9.17) is 9.47 Å². The molecule has 0 bridgehead atoms. The minimum absolute atomic E-state index is 0.148. The third-order valence-electron chi connectivity index (χ3n) is 4.56. The molecule has 29 heavy (non-hydrogen) atoms. The van der Waals surface area contributed by atoms with E-state index in [2.05, 4.69) is 25.5 Å². The highest BCUT2D eigenvalue weighted by Crippen LogP contribution is 2.29. The van der Waals surface area contributed by atoms with Crippen molar-refractivity contribution in [2.75, 3.05) is 53.0 Å². The second-order valence-electron chi connectivity index (χ2n) is 6.75. The fraction of sp³-hybridized carbons (Fsp3) is 0.684. The molecule has 1 fully saturated rings. The van der Waals surface area contributed by atoms with Crippen molar-refractivity contribution in [1.29, 1.82) is 0 Å². The maximum Gasteiger partial charge on any atom is 0.417 e. The third kappa shape index (κ3) is 8.45. The Morgan fingerprint density at radius 1 is 1.28 bits per heavy atom. The lowest BCUT2D eigenvalue weighted by Crippen LogP contribution is -2.49. The molecule has 10 heteroatoms. The van der Waals surface area contributed by atoms with Crippen molar-refractivity contribution in [1.82, 2.24) is 20.5 Å². The Morgan fingerprint density at radius 3 is 2.62 bits per heavy atom. The van der Waals surface area contributed by atoms with Gasteiger partial charge in [0.15, 0.2) is 5.96 Å². The number of methoxy groups -OCH3 is 1. The highest BCUT2D eigenvalue weighted by Gasteiger charge is 2.30. The third-order valence-corrected chi connectivity index (χ3v) is 4.56. The van der Waals surface area contributed by atoms with Crippen LogP contribution in [0.15, 0.2) is 23.3 Å². The zero-order chi connectivity index (χ0) is 21.1. The minimum atomic E-state index is -4.40. The van der Waals surface area contributed by atoms with Gasteiger partial charge in [-0.15, -0.1) is 0 Å². The molecule has 1 saturated heterocycles. The smallest absolute Gasteiger partial charge is 0.417 e. The van der Waals surface area contributed by atoms with Crippen LogP contribution in [0.5, 0.6) is 5.88 Å². The van der Waals surface area contributed by atoms with Crippen LogP contribution in [0.3, 0.4) is 0 Å². The predicted octanol–water partition coefficient (Wildman–Crippen LogP) is 2.15. The Hall–Kier alpha value is -2.07. The molecule has 164 valence electrons. The van der Waals surface area contributed by atoms with E-state index in [0.29, 0.717) is 18.5 Å². The molecule has 0 aromatic carbocycles. The summed E-state index contributed by atoms with van der Waals surface area (Å²) in [6.07, 6.45) is -1.58. The van der Waals surface area contributed by atoms with Gasteiger partial charge < -0.3 is 25.0 Å². The second kappa shape index (κ2) is 11.8. The number of rotatable bonds is 9. The van der Waals surface area contributed by atoms with Crippen LogP contribution in [-0.2, 0) is 10.9 Å². The number of alkyl halides is 3. The molecule has 0 unspecified atom stereocenters. The van der Waals surface area contributed by atoms with Crippen LogP contribution in [0.25, 0.3) is 0 Å². The Morgan fingerprint density at radius 2 is 2.03 bits per heavy atom. The molecule has 2 rings (SSSR count). The molecular formula is C19H30F3N5O2. The molecule has 0 aliphatic carbocycles. The van der Waals surface area contributed by atoms with Gasteiger partial charge in [-0.05, 0) is 25.8 Å². The minimum Gasteiger partial charge on any atom is -0.476 e. The molecular weight excluding hydrogens is 387 g/mol. The van der Waals surface area contributed by atoms with Gasteiger partial charge in [-0.3, -0.25) is 0 Å². The molecule has 1 aliphatic heterocycles. The van der Waals surface area contributed by atoms with Gasteiger partial charge in [-0.25, -0.2) is 9.98 Å². The van der Waals surface area contributed by atoms with Crippen molar-refractivity contribution in [2.24, 2.45) is 4.99 Å². The van der Waals surface area contributed by atoms with Crippen molar-refractivity contribution < 1.29 is 22.6 Å². The summed E-state index contributed by atoms with van der Waals surface area (Å²) in [5, 5.41) is 6.65. The van der Waals surface area contributed by atoms with Crippen molar-refractivity contribution in [3.05, 3.63) is 23.9 Å². The topological polar surface area (TPSA) is 71.0 Å². The summed E-state index contributed by atoms with van der Waals surface area (Å²) < 4.78 is 48.1. The molecule has 0 radical (unpaired) electrons. The zero-order valence-electron chi connectivity index (χ0n) is 17.0. The van der Waals surface area contributed by atoms with Crippen molar-refractivity contribution >= 4 is 5.96 Å². The highest BCUT2D eigenvalue weighted by molar-refractivity contribution is 5.80. The lowest BCUT2D eigenvalue weighted by molar-refractivity contribution is -0.137. The predicted molar refractivity (Wildman–Crippen MR) is 105 cm³/mol. The van der Waals surface area contributed by atoms with Crippen LogP contribution in [0.1, 0.15) is 25.3 Å². The second-order valence-corrected chi connectivity index (χ2v) is 6.75. The Balaban J connectivity index is 1.74. The number of halogens is 3. The number of hydrogen-bond acceptors (Lipinski definition) is 5. The van der Waals surface area contributed by atoms with Gasteiger partial charge in [-0.1, -0.05) is 0 Å². The van der Waals surface area contributed by atoms with E-state index >= 15 is 0 Å². The number of aliphatic imine (C=N–C) groups is 1. The number of nitrogens with zero attached hydrogens (tertiary/aromatic N) is 3. The summed E-state index contributed by atoms with van der Waals surface area (Å²) in [6, 6.07) is 2.52. The molecule has 0 spiro atoms. The van der Waals surface area contributed by atoms with Crippen LogP contribution >= 0.6 is 0 Å². The first-order valence-corrected chi connectivity index (χ1v) is 9.84. The largest absolute Gasteiger partial charge is 0.476 e. The van der Waals surface area contributed by atoms with E-state index in [1.807, 2.05) is 6.92 Å². The maximum absolute atomic E-state index is 12.5. The number of ether oxygens (including phenoxy) is 2. The van der Waals surface area contributed by atoms with Gasteiger partial charge in [0, 0.05) is 51.6 Å². The summed E-state index contributed by atoms with van der Waals surface area (Å²) in [4.78, 5) is 10.5. The Labute approximate surface area is 169 Å². The van der Waals surface area contributed by atoms with Crippen molar-refractivity contribution in [3.8, 4) is 5.88 Å². The summed E-state index contributed by atoms with van der Waals surface area (Å²) in [5.74, 6) is 0.862. The first-order valence-electron chi connectivity index (χ1n) is 9.84. The van der Waals surface area contributed by atoms with E-state index in [1.165, 1.54) is 6.07 Å². The first-order chi connectivity index (χ1) is 13.9. The lowest BCUT2D eigenvalue weighted by atomic mass is 10.1. The summed E-state index contributed by atoms with van der Waals surface area (Å²) in [7, 11) is 1.71. The van der Waals surface area contributed by atoms with Crippen LogP contribution < -0.4 is 15.4 Å². The van der Waals surface area contributed by atoms with E-state index in [1.54, 1.807) is 7.11 Å². The fourth-order valence-electron chi connectivity index (χ4n) is 2.98. The van der Waals surface area contributed by atoms with Gasteiger partial charge in [0.05, 0.1) is 18.7 Å². The fourth-order valence-corrected chi connectivity index (χ4v) is 2.98. The van der Waals surface area contributed by atoms with Gasteiger partial charge in [0.25, 0.3) is 0 Å². The number of likely N-dealkylation sites (tertiary alicyclic amines) is 1. The van der Waals surface area contributed by atoms with E-state index < -0.39 is 11.7 Å². The molecule has 2 heterocycles. The van der Waals surface area contributed by atoms with Crippen LogP contribution in [-0.4, -0.2) is 74.9 Å². The van der Waals surface area contributed by atoms with Crippen LogP contribution in [0.2, 0.25) is 0 Å². The lowest BCUT2D eigenvalue weighted by Gasteiger charge is -2.32. The average molecular weight is 417 g/mol. The molecule has 0 atom stereocenters. The highest BCUT2D eigenvalue weighted by atomic mass is 19.4. The Bertz CT molecular complexity index is 617. The van der Waals surface area contributed by atoms with Crippen molar-refractivity contribution in [2.45, 2.75) is 32.0 Å². The SMILES string of the molecule is CCNC(=NCCOc1ccc(C(F)(F)F)cn1)NC1CCN(CCOC)CC1. The quantitative estimate of drug-likeness (QED) is 0.365. The molecule has 0 amide bonds. The average Bonchev–Trinajstić information content (AvgIpc) is 2.70. The van der Waals surface area contributed by atoms with Gasteiger partial charge in [-0.2, -0.15) is 13.2 Å². The molecule has 2 N–H and O–H groups in total. The number of nitrogens with one attached hydrogen (secondary N) is 2. The monoisotopic (exact) mass is 417 g/mol. The standard InChI is InChI=1S/C19H30F3N5O2/c1-3-23-18(26-16-6-9-27(10-7-16)11-13-28-2)24-8-12-29-17-5-4-15(14-25-17)19(20,21)22/h4-5,14,16H,3,6-13H2,1-2H3,(H2,23,24,26). The number of piperidine rings is 1. The summed E-state index contributed by atoms with van der Waals surface area (Å²) >= 11 is 0. The van der Waals surface area contributed by atoms with E-state index in [9.17, 15) is 13.2 Å². The number of hydrogen-bond donors (Lipinski definition) is 2. The molecule has 1 aliphatic rings. The van der Waals surface area contributed by atoms with Gasteiger partial charge in [0.1, 0.15) is 6.61 Å².